The summed E-state index contributed by atoms with van der Waals surface area (Å²) in [6.45, 7) is 2.76. The van der Waals surface area contributed by atoms with Crippen molar-refractivity contribution in [3.63, 3.8) is 0 Å². The van der Waals surface area contributed by atoms with E-state index in [0.29, 0.717) is 25.6 Å². The van der Waals surface area contributed by atoms with Crippen LogP contribution in [0.4, 0.5) is 0 Å². The minimum atomic E-state index is -0.195. The van der Waals surface area contributed by atoms with Gasteiger partial charge >= 0.3 is 0 Å². The summed E-state index contributed by atoms with van der Waals surface area (Å²) in [4.78, 5) is 25.7. The van der Waals surface area contributed by atoms with Crippen molar-refractivity contribution in [2.75, 3.05) is 40.4 Å². The zero-order chi connectivity index (χ0) is 26.1. The number of rotatable bonds is 7. The van der Waals surface area contributed by atoms with Crippen molar-refractivity contribution in [3.05, 3.63) is 94.8 Å². The van der Waals surface area contributed by atoms with E-state index in [0.717, 1.165) is 47.5 Å². The van der Waals surface area contributed by atoms with Crippen LogP contribution in [-0.4, -0.2) is 66.1 Å². The van der Waals surface area contributed by atoms with Crippen LogP contribution < -0.4 is 9.47 Å². The molecule has 2 aromatic carbocycles. The van der Waals surface area contributed by atoms with Crippen LogP contribution in [0.3, 0.4) is 0 Å². The van der Waals surface area contributed by atoms with E-state index in [1.807, 2.05) is 49.3 Å². The number of aromatic nitrogens is 2. The van der Waals surface area contributed by atoms with Crippen LogP contribution in [0.1, 0.15) is 34.0 Å². The second-order valence-electron chi connectivity index (χ2n) is 10.1. The van der Waals surface area contributed by atoms with E-state index in [9.17, 15) is 4.79 Å². The normalized spacial score (nSPS) is 16.6. The van der Waals surface area contributed by atoms with Crippen LogP contribution >= 0.6 is 0 Å². The maximum absolute atomic E-state index is 13.6. The number of fused-ring (bicyclic) bond motifs is 4. The van der Waals surface area contributed by atoms with Crippen LogP contribution in [0.15, 0.2) is 66.9 Å². The van der Waals surface area contributed by atoms with E-state index in [2.05, 4.69) is 45.2 Å². The number of H-pyrrole nitrogens is 1. The smallest absolute Gasteiger partial charge is 0.247 e. The Bertz CT molecular complexity index is 1490. The lowest BCUT2D eigenvalue weighted by Crippen LogP contribution is -2.39. The molecular weight excluding hydrogens is 476 g/mol. The number of pyridine rings is 1. The second kappa shape index (κ2) is 10.3. The van der Waals surface area contributed by atoms with E-state index >= 15 is 0 Å². The number of nitrogens with one attached hydrogen (secondary N) is 1. The molecule has 0 aliphatic carbocycles. The molecule has 0 spiro atoms. The number of aromatic amines is 1. The third-order valence-corrected chi connectivity index (χ3v) is 7.31. The highest BCUT2D eigenvalue weighted by Gasteiger charge is 2.34. The Labute approximate surface area is 222 Å². The molecule has 0 saturated carbocycles. The number of carbonyl (C=O) groups is 1. The van der Waals surface area contributed by atoms with Crippen LogP contribution in [0.2, 0.25) is 0 Å². The lowest BCUT2D eigenvalue weighted by atomic mass is 9.91. The van der Waals surface area contributed by atoms with Gasteiger partial charge in [0.05, 0.1) is 12.6 Å². The van der Waals surface area contributed by atoms with Crippen molar-refractivity contribution in [2.24, 2.45) is 0 Å². The fraction of sp³-hybridized carbons (Fsp3) is 0.290. The quantitative estimate of drug-likeness (QED) is 0.369. The molecular formula is C31H32N4O3. The SMILES string of the molecule is CN(C)CCOc1ccc(C=CC(=O)N2CCc3c([nH]c4ccccc34)C2c2ccc3c(c2)CCO3)cn1. The Morgan fingerprint density at radius 1 is 1.18 bits per heavy atom. The van der Waals surface area contributed by atoms with Crippen LogP contribution in [0, 0.1) is 0 Å². The maximum Gasteiger partial charge on any atom is 0.247 e. The fourth-order valence-electron chi connectivity index (χ4n) is 5.37. The zero-order valence-corrected chi connectivity index (χ0v) is 21.8. The minimum absolute atomic E-state index is 0.0256. The second-order valence-corrected chi connectivity index (χ2v) is 10.1. The summed E-state index contributed by atoms with van der Waals surface area (Å²) < 4.78 is 11.4. The average molecular weight is 509 g/mol. The standard InChI is InChI=1S/C31H32N4O3/c1-34(2)16-18-38-28-11-7-21(20-32-28)8-12-29(36)35-15-13-25-24-5-3-4-6-26(24)33-30(25)31(35)23-9-10-27-22(19-23)14-17-37-27/h3-12,19-20,31,33H,13-18H2,1-2H3. The van der Waals surface area contributed by atoms with Crippen molar-refractivity contribution in [1.82, 2.24) is 19.8 Å². The molecule has 1 N–H and O–H groups in total. The van der Waals surface area contributed by atoms with Gasteiger partial charge < -0.3 is 24.3 Å². The molecule has 2 aromatic heterocycles. The van der Waals surface area contributed by atoms with Gasteiger partial charge in [0.25, 0.3) is 0 Å². The molecule has 7 nitrogen and oxygen atoms in total. The first-order chi connectivity index (χ1) is 18.6. The predicted octanol–water partition coefficient (Wildman–Crippen LogP) is 4.63. The summed E-state index contributed by atoms with van der Waals surface area (Å²) in [6, 6.07) is 18.3. The lowest BCUT2D eigenvalue weighted by Gasteiger charge is -2.36. The van der Waals surface area contributed by atoms with Gasteiger partial charge in [0.2, 0.25) is 11.8 Å². The van der Waals surface area contributed by atoms with Crippen molar-refractivity contribution in [2.45, 2.75) is 18.9 Å². The maximum atomic E-state index is 13.6. The highest BCUT2D eigenvalue weighted by Crippen LogP contribution is 2.40. The fourth-order valence-corrected chi connectivity index (χ4v) is 5.37. The first kappa shape index (κ1) is 24.2. The highest BCUT2D eigenvalue weighted by atomic mass is 16.5. The van der Waals surface area contributed by atoms with Gasteiger partial charge in [-0.05, 0) is 73.1 Å². The lowest BCUT2D eigenvalue weighted by molar-refractivity contribution is -0.128. The molecule has 1 unspecified atom stereocenters. The van der Waals surface area contributed by atoms with E-state index in [1.54, 1.807) is 12.3 Å². The number of benzene rings is 2. The van der Waals surface area contributed by atoms with E-state index in [1.165, 1.54) is 16.5 Å². The molecule has 0 fully saturated rings. The molecule has 1 amide bonds. The summed E-state index contributed by atoms with van der Waals surface area (Å²) in [5.41, 5.74) is 6.66. The molecule has 0 radical (unpaired) electrons. The molecule has 38 heavy (non-hydrogen) atoms. The molecule has 2 aliphatic heterocycles. The number of ether oxygens (including phenoxy) is 2. The summed E-state index contributed by atoms with van der Waals surface area (Å²) in [5.74, 6) is 1.50. The molecule has 2 aliphatic rings. The number of para-hydroxylation sites is 1. The Balaban J connectivity index is 1.27. The van der Waals surface area contributed by atoms with Gasteiger partial charge in [-0.1, -0.05) is 24.3 Å². The van der Waals surface area contributed by atoms with E-state index < -0.39 is 0 Å². The van der Waals surface area contributed by atoms with Gasteiger partial charge in [-0.25, -0.2) is 4.98 Å². The average Bonchev–Trinajstić information content (AvgIpc) is 3.55. The summed E-state index contributed by atoms with van der Waals surface area (Å²) in [6.07, 6.45) is 6.92. The summed E-state index contributed by atoms with van der Waals surface area (Å²) >= 11 is 0. The zero-order valence-electron chi connectivity index (χ0n) is 21.8. The number of amides is 1. The van der Waals surface area contributed by atoms with Gasteiger partial charge in [0.1, 0.15) is 12.4 Å². The topological polar surface area (TPSA) is 70.7 Å². The Hall–Kier alpha value is -4.10. The van der Waals surface area contributed by atoms with Gasteiger partial charge in [0, 0.05) is 54.4 Å². The third kappa shape index (κ3) is 4.77. The number of hydrogen-bond acceptors (Lipinski definition) is 5. The van der Waals surface area contributed by atoms with Gasteiger partial charge in [-0.3, -0.25) is 4.79 Å². The molecule has 194 valence electrons. The number of likely N-dealkylation sites (N-methyl/N-ethyl adjacent to an activating group) is 1. The van der Waals surface area contributed by atoms with Crippen LogP contribution in [0.5, 0.6) is 11.6 Å². The molecule has 1 atom stereocenters. The first-order valence-electron chi connectivity index (χ1n) is 13.1. The Morgan fingerprint density at radius 2 is 2.08 bits per heavy atom. The van der Waals surface area contributed by atoms with Gasteiger partial charge in [-0.2, -0.15) is 0 Å². The summed E-state index contributed by atoms with van der Waals surface area (Å²) in [5, 5.41) is 1.23. The monoisotopic (exact) mass is 508 g/mol. The van der Waals surface area contributed by atoms with Crippen molar-refractivity contribution < 1.29 is 14.3 Å². The van der Waals surface area contributed by atoms with Crippen molar-refractivity contribution in [3.8, 4) is 11.6 Å². The number of carbonyl (C=O) groups excluding carboxylic acids is 1. The largest absolute Gasteiger partial charge is 0.493 e. The molecule has 4 heterocycles. The Morgan fingerprint density at radius 3 is 2.92 bits per heavy atom. The van der Waals surface area contributed by atoms with Crippen molar-refractivity contribution in [1.29, 1.82) is 0 Å². The van der Waals surface area contributed by atoms with Gasteiger partial charge in [0.15, 0.2) is 0 Å². The van der Waals surface area contributed by atoms with Gasteiger partial charge in [-0.15, -0.1) is 0 Å². The van der Waals surface area contributed by atoms with E-state index in [-0.39, 0.29) is 11.9 Å². The molecule has 7 heteroatoms. The molecule has 0 bridgehead atoms. The number of nitrogens with zero attached hydrogens (tertiary/aromatic N) is 3. The molecule has 4 aromatic rings. The minimum Gasteiger partial charge on any atom is -0.493 e. The molecule has 0 saturated heterocycles. The van der Waals surface area contributed by atoms with Crippen molar-refractivity contribution >= 4 is 22.9 Å². The summed E-state index contributed by atoms with van der Waals surface area (Å²) in [7, 11) is 4.01. The van der Waals surface area contributed by atoms with Crippen LogP contribution in [0.25, 0.3) is 17.0 Å². The first-order valence-corrected chi connectivity index (χ1v) is 13.1. The number of hydrogen-bond donors (Lipinski definition) is 1. The highest BCUT2D eigenvalue weighted by molar-refractivity contribution is 5.93. The Kier molecular flexibility index (Phi) is 6.60. The third-order valence-electron chi connectivity index (χ3n) is 7.31. The van der Waals surface area contributed by atoms with Crippen LogP contribution in [-0.2, 0) is 17.6 Å². The predicted molar refractivity (Wildman–Crippen MR) is 149 cm³/mol. The van der Waals surface area contributed by atoms with E-state index in [4.69, 9.17) is 9.47 Å². The molecule has 6 rings (SSSR count).